The van der Waals surface area contributed by atoms with Gasteiger partial charge in [-0.05, 0) is 38.4 Å². The Morgan fingerprint density at radius 1 is 1.24 bits per heavy atom. The molecule has 0 aliphatic carbocycles. The Hall–Kier alpha value is -1.39. The van der Waals surface area contributed by atoms with E-state index < -0.39 is 0 Å². The summed E-state index contributed by atoms with van der Waals surface area (Å²) in [6, 6.07) is 8.24. The van der Waals surface area contributed by atoms with E-state index in [0.717, 1.165) is 49.2 Å². The highest BCUT2D eigenvalue weighted by molar-refractivity contribution is 5.75. The van der Waals surface area contributed by atoms with Gasteiger partial charge in [0.15, 0.2) is 0 Å². The van der Waals surface area contributed by atoms with Crippen LogP contribution in [-0.2, 0) is 13.0 Å². The molecule has 2 aromatic rings. The van der Waals surface area contributed by atoms with Crippen LogP contribution in [0.2, 0.25) is 0 Å². The van der Waals surface area contributed by atoms with Gasteiger partial charge in [-0.3, -0.25) is 0 Å². The Labute approximate surface area is 127 Å². The first kappa shape index (κ1) is 16.0. The van der Waals surface area contributed by atoms with Gasteiger partial charge in [0.1, 0.15) is 5.82 Å². The van der Waals surface area contributed by atoms with Gasteiger partial charge in [0.25, 0.3) is 0 Å². The highest BCUT2D eigenvalue weighted by Crippen LogP contribution is 2.20. The zero-order valence-electron chi connectivity index (χ0n) is 13.4. The Kier molecular flexibility index (Phi) is 5.37. The molecule has 0 saturated heterocycles. The number of para-hydroxylation sites is 2. The first-order valence-corrected chi connectivity index (χ1v) is 7.93. The number of rotatable bonds is 8. The smallest absolute Gasteiger partial charge is 0.109 e. The van der Waals surface area contributed by atoms with Crippen molar-refractivity contribution in [3.05, 3.63) is 30.1 Å². The number of aliphatic hydroxyl groups is 1. The number of fused-ring (bicyclic) bond motifs is 1. The fraction of sp³-hybridized carbons (Fsp3) is 0.588. The van der Waals surface area contributed by atoms with Crippen molar-refractivity contribution in [1.82, 2.24) is 14.9 Å². The fourth-order valence-corrected chi connectivity index (χ4v) is 2.65. The summed E-state index contributed by atoms with van der Waals surface area (Å²) in [4.78, 5) is 4.75. The van der Waals surface area contributed by atoms with Crippen molar-refractivity contribution >= 4 is 11.0 Å². The third-order valence-corrected chi connectivity index (χ3v) is 3.87. The summed E-state index contributed by atoms with van der Waals surface area (Å²) < 4.78 is 2.26. The Bertz CT molecular complexity index is 578. The first-order chi connectivity index (χ1) is 10.1. The van der Waals surface area contributed by atoms with Crippen LogP contribution in [0.1, 0.15) is 39.4 Å². The van der Waals surface area contributed by atoms with E-state index in [1.54, 1.807) is 0 Å². The van der Waals surface area contributed by atoms with E-state index in [9.17, 15) is 5.11 Å². The van der Waals surface area contributed by atoms with Gasteiger partial charge >= 0.3 is 0 Å². The van der Waals surface area contributed by atoms with Crippen LogP contribution in [0.15, 0.2) is 24.3 Å². The lowest BCUT2D eigenvalue weighted by atomic mass is 10.0. The molecule has 2 N–H and O–H groups in total. The molecule has 1 atom stereocenters. The SMILES string of the molecule is CCCNC(C)(CO)Cn1c(CCC)nc2ccccc21. The molecule has 1 aromatic heterocycles. The van der Waals surface area contributed by atoms with E-state index in [0.29, 0.717) is 0 Å². The molecule has 0 fully saturated rings. The Balaban J connectivity index is 2.36. The van der Waals surface area contributed by atoms with Crippen LogP contribution < -0.4 is 5.32 Å². The number of aromatic nitrogens is 2. The van der Waals surface area contributed by atoms with E-state index in [1.165, 1.54) is 0 Å². The molecule has 1 heterocycles. The highest BCUT2D eigenvalue weighted by Gasteiger charge is 2.25. The topological polar surface area (TPSA) is 50.1 Å². The maximum absolute atomic E-state index is 9.81. The van der Waals surface area contributed by atoms with Crippen LogP contribution in [0.3, 0.4) is 0 Å². The average molecular weight is 289 g/mol. The van der Waals surface area contributed by atoms with Gasteiger partial charge < -0.3 is 15.0 Å². The number of nitrogens with zero attached hydrogens (tertiary/aromatic N) is 2. The molecule has 0 radical (unpaired) electrons. The lowest BCUT2D eigenvalue weighted by molar-refractivity contribution is 0.157. The van der Waals surface area contributed by atoms with Gasteiger partial charge in [-0.25, -0.2) is 4.98 Å². The monoisotopic (exact) mass is 289 g/mol. The summed E-state index contributed by atoms with van der Waals surface area (Å²) in [5.74, 6) is 1.11. The number of imidazole rings is 1. The number of aliphatic hydroxyl groups excluding tert-OH is 1. The standard InChI is InChI=1S/C17H27N3O/c1-4-8-16-19-14-9-6-7-10-15(14)20(16)12-17(3,13-21)18-11-5-2/h6-7,9-10,18,21H,4-5,8,11-13H2,1-3H3. The lowest BCUT2D eigenvalue weighted by Gasteiger charge is -2.30. The van der Waals surface area contributed by atoms with Crippen LogP contribution in [0, 0.1) is 0 Å². The molecule has 21 heavy (non-hydrogen) atoms. The van der Waals surface area contributed by atoms with Gasteiger partial charge in [-0.2, -0.15) is 0 Å². The maximum Gasteiger partial charge on any atom is 0.109 e. The molecule has 1 unspecified atom stereocenters. The molecule has 4 nitrogen and oxygen atoms in total. The summed E-state index contributed by atoms with van der Waals surface area (Å²) in [7, 11) is 0. The van der Waals surface area contributed by atoms with E-state index in [2.05, 4.69) is 42.8 Å². The molecule has 0 amide bonds. The van der Waals surface area contributed by atoms with Gasteiger partial charge in [0.2, 0.25) is 0 Å². The van der Waals surface area contributed by atoms with Crippen molar-refractivity contribution in [3.8, 4) is 0 Å². The summed E-state index contributed by atoms with van der Waals surface area (Å²) >= 11 is 0. The third kappa shape index (κ3) is 3.63. The largest absolute Gasteiger partial charge is 0.394 e. The zero-order chi connectivity index (χ0) is 15.3. The second-order valence-electron chi connectivity index (χ2n) is 6.00. The second-order valence-corrected chi connectivity index (χ2v) is 6.00. The van der Waals surface area contributed by atoms with Crippen molar-refractivity contribution in [2.24, 2.45) is 0 Å². The molecule has 0 spiro atoms. The van der Waals surface area contributed by atoms with E-state index in [-0.39, 0.29) is 12.1 Å². The molecular weight excluding hydrogens is 262 g/mol. The van der Waals surface area contributed by atoms with Crippen LogP contribution in [0.25, 0.3) is 11.0 Å². The second kappa shape index (κ2) is 7.05. The van der Waals surface area contributed by atoms with E-state index >= 15 is 0 Å². The molecular formula is C17H27N3O. The molecule has 0 aliphatic heterocycles. The van der Waals surface area contributed by atoms with Crippen molar-refractivity contribution in [2.45, 2.75) is 52.1 Å². The van der Waals surface area contributed by atoms with Crippen molar-refractivity contribution in [3.63, 3.8) is 0 Å². The van der Waals surface area contributed by atoms with Crippen LogP contribution in [0.4, 0.5) is 0 Å². The fourth-order valence-electron chi connectivity index (χ4n) is 2.65. The van der Waals surface area contributed by atoms with Crippen molar-refractivity contribution in [1.29, 1.82) is 0 Å². The van der Waals surface area contributed by atoms with E-state index in [4.69, 9.17) is 4.98 Å². The molecule has 116 valence electrons. The quantitative estimate of drug-likeness (QED) is 0.785. The van der Waals surface area contributed by atoms with Crippen LogP contribution in [0.5, 0.6) is 0 Å². The first-order valence-electron chi connectivity index (χ1n) is 7.93. The number of hydrogen-bond acceptors (Lipinski definition) is 3. The summed E-state index contributed by atoms with van der Waals surface area (Å²) in [5.41, 5.74) is 1.87. The van der Waals surface area contributed by atoms with Gasteiger partial charge in [-0.1, -0.05) is 26.0 Å². The minimum Gasteiger partial charge on any atom is -0.394 e. The number of aryl methyl sites for hydroxylation is 1. The molecule has 1 aromatic carbocycles. The Morgan fingerprint density at radius 3 is 2.67 bits per heavy atom. The predicted octanol–water partition coefficient (Wildman–Crippen LogP) is 2.74. The van der Waals surface area contributed by atoms with Gasteiger partial charge in [0, 0.05) is 13.0 Å². The number of benzene rings is 1. The minimum atomic E-state index is -0.317. The molecule has 4 heteroatoms. The minimum absolute atomic E-state index is 0.116. The normalized spacial score (nSPS) is 14.5. The predicted molar refractivity (Wildman–Crippen MR) is 87.5 cm³/mol. The molecule has 0 aliphatic rings. The van der Waals surface area contributed by atoms with Crippen molar-refractivity contribution in [2.75, 3.05) is 13.2 Å². The third-order valence-electron chi connectivity index (χ3n) is 3.87. The summed E-state index contributed by atoms with van der Waals surface area (Å²) in [6.07, 6.45) is 3.09. The summed E-state index contributed by atoms with van der Waals surface area (Å²) in [6.45, 7) is 8.15. The number of nitrogens with one attached hydrogen (secondary N) is 1. The number of hydrogen-bond donors (Lipinski definition) is 2. The van der Waals surface area contributed by atoms with Gasteiger partial charge in [0.05, 0.1) is 23.2 Å². The highest BCUT2D eigenvalue weighted by atomic mass is 16.3. The van der Waals surface area contributed by atoms with Crippen LogP contribution >= 0.6 is 0 Å². The molecule has 0 bridgehead atoms. The zero-order valence-corrected chi connectivity index (χ0v) is 13.4. The molecule has 2 rings (SSSR count). The average Bonchev–Trinajstić information content (AvgIpc) is 2.83. The van der Waals surface area contributed by atoms with Crippen LogP contribution in [-0.4, -0.2) is 33.3 Å². The Morgan fingerprint density at radius 2 is 2.00 bits per heavy atom. The maximum atomic E-state index is 9.81. The van der Waals surface area contributed by atoms with E-state index in [1.807, 2.05) is 12.1 Å². The lowest BCUT2D eigenvalue weighted by Crippen LogP contribution is -2.49. The molecule has 0 saturated carbocycles. The van der Waals surface area contributed by atoms with Gasteiger partial charge in [-0.15, -0.1) is 0 Å². The summed E-state index contributed by atoms with van der Waals surface area (Å²) in [5, 5.41) is 13.3. The van der Waals surface area contributed by atoms with Crippen molar-refractivity contribution < 1.29 is 5.11 Å².